The third-order valence-electron chi connectivity index (χ3n) is 2.56. The van der Waals surface area contributed by atoms with E-state index in [1.54, 1.807) is 0 Å². The van der Waals surface area contributed by atoms with E-state index in [-0.39, 0.29) is 24.3 Å². The third kappa shape index (κ3) is 1.44. The molecule has 1 heterocycles. The maximum atomic E-state index is 11.5. The van der Waals surface area contributed by atoms with Crippen molar-refractivity contribution in [1.82, 2.24) is 4.31 Å². The Balaban J connectivity index is 1.96. The molecular formula is C7H12N2O3S. The Kier molecular flexibility index (Phi) is 1.85. The Labute approximate surface area is 76.9 Å². The molecule has 0 aromatic rings. The summed E-state index contributed by atoms with van der Waals surface area (Å²) in [6.07, 6.45) is 1.53. The number of carbonyl (C=O) groups excluding carboxylic acids is 1. The van der Waals surface area contributed by atoms with Crippen LogP contribution in [0.5, 0.6) is 0 Å². The number of nitrogens with zero attached hydrogens (tertiary/aromatic N) is 1. The number of hydrogen-bond donors (Lipinski definition) is 1. The zero-order chi connectivity index (χ0) is 9.64. The predicted octanol–water partition coefficient (Wildman–Crippen LogP) is -1.10. The molecule has 0 bridgehead atoms. The zero-order valence-corrected chi connectivity index (χ0v) is 7.96. The maximum absolute atomic E-state index is 11.5. The van der Waals surface area contributed by atoms with Gasteiger partial charge in [0.25, 0.3) is 0 Å². The van der Waals surface area contributed by atoms with Gasteiger partial charge in [0.1, 0.15) is 0 Å². The molecule has 13 heavy (non-hydrogen) atoms. The predicted molar refractivity (Wildman–Crippen MR) is 46.2 cm³/mol. The van der Waals surface area contributed by atoms with Gasteiger partial charge < -0.3 is 5.73 Å². The Morgan fingerprint density at radius 3 is 2.23 bits per heavy atom. The van der Waals surface area contributed by atoms with Gasteiger partial charge in [0.15, 0.2) is 0 Å². The summed E-state index contributed by atoms with van der Waals surface area (Å²) in [5, 5.41) is -0.179. The molecule has 2 aliphatic rings. The van der Waals surface area contributed by atoms with E-state index in [1.807, 2.05) is 0 Å². The average molecular weight is 204 g/mol. The van der Waals surface area contributed by atoms with E-state index >= 15 is 0 Å². The SMILES string of the molecule is NC(=O)C1CN(S(=O)(=O)C2CC2)C1. The van der Waals surface area contributed by atoms with Crippen molar-refractivity contribution in [3.05, 3.63) is 0 Å². The van der Waals surface area contributed by atoms with Gasteiger partial charge in [-0.25, -0.2) is 8.42 Å². The van der Waals surface area contributed by atoms with Crippen molar-refractivity contribution in [2.24, 2.45) is 11.7 Å². The van der Waals surface area contributed by atoms with Gasteiger partial charge >= 0.3 is 0 Å². The molecule has 0 atom stereocenters. The van der Waals surface area contributed by atoms with E-state index in [0.29, 0.717) is 0 Å². The number of nitrogens with two attached hydrogens (primary N) is 1. The van der Waals surface area contributed by atoms with Gasteiger partial charge in [-0.05, 0) is 12.8 Å². The second-order valence-electron chi connectivity index (χ2n) is 3.66. The van der Waals surface area contributed by atoms with Crippen molar-refractivity contribution in [2.75, 3.05) is 13.1 Å². The molecule has 0 spiro atoms. The number of primary amides is 1. The molecule has 1 amide bonds. The van der Waals surface area contributed by atoms with E-state index in [0.717, 1.165) is 12.8 Å². The lowest BCUT2D eigenvalue weighted by Crippen LogP contribution is -2.55. The van der Waals surface area contributed by atoms with Crippen LogP contribution in [-0.4, -0.2) is 37.0 Å². The molecule has 0 aromatic carbocycles. The molecule has 1 aliphatic carbocycles. The minimum absolute atomic E-state index is 0.179. The summed E-state index contributed by atoms with van der Waals surface area (Å²) < 4.78 is 24.4. The molecule has 0 radical (unpaired) electrons. The summed E-state index contributed by atoms with van der Waals surface area (Å²) in [6, 6.07) is 0. The normalized spacial score (nSPS) is 25.5. The Bertz CT molecular complexity index is 328. The third-order valence-corrected chi connectivity index (χ3v) is 4.89. The smallest absolute Gasteiger partial charge is 0.223 e. The highest BCUT2D eigenvalue weighted by atomic mass is 32.2. The second kappa shape index (κ2) is 2.68. The molecule has 1 aliphatic heterocycles. The molecule has 2 fully saturated rings. The van der Waals surface area contributed by atoms with Crippen LogP contribution in [0.15, 0.2) is 0 Å². The lowest BCUT2D eigenvalue weighted by atomic mass is 10.0. The highest BCUT2D eigenvalue weighted by Crippen LogP contribution is 2.34. The van der Waals surface area contributed by atoms with Crippen molar-refractivity contribution in [3.8, 4) is 0 Å². The lowest BCUT2D eigenvalue weighted by Gasteiger charge is -2.36. The van der Waals surface area contributed by atoms with E-state index in [2.05, 4.69) is 0 Å². The first-order chi connectivity index (χ1) is 6.01. The first kappa shape index (κ1) is 8.96. The number of rotatable bonds is 3. The maximum Gasteiger partial charge on any atom is 0.223 e. The van der Waals surface area contributed by atoms with Crippen LogP contribution in [-0.2, 0) is 14.8 Å². The van der Waals surface area contributed by atoms with Gasteiger partial charge in [0.05, 0.1) is 11.2 Å². The Morgan fingerprint density at radius 1 is 1.31 bits per heavy atom. The van der Waals surface area contributed by atoms with E-state index in [9.17, 15) is 13.2 Å². The van der Waals surface area contributed by atoms with Crippen LogP contribution in [0.2, 0.25) is 0 Å². The van der Waals surface area contributed by atoms with Gasteiger partial charge in [-0.1, -0.05) is 0 Å². The number of carbonyl (C=O) groups is 1. The standard InChI is InChI=1S/C7H12N2O3S/c8-7(10)5-3-9(4-5)13(11,12)6-1-2-6/h5-6H,1-4H2,(H2,8,10). The molecule has 6 heteroatoms. The first-order valence-electron chi connectivity index (χ1n) is 4.30. The van der Waals surface area contributed by atoms with Crippen LogP contribution in [0.4, 0.5) is 0 Å². The average Bonchev–Trinajstić information content (AvgIpc) is 2.59. The van der Waals surface area contributed by atoms with Gasteiger partial charge in [-0.15, -0.1) is 0 Å². The number of amides is 1. The van der Waals surface area contributed by atoms with Crippen molar-refractivity contribution in [3.63, 3.8) is 0 Å². The highest BCUT2D eigenvalue weighted by Gasteiger charge is 2.46. The Hall–Kier alpha value is -0.620. The summed E-state index contributed by atoms with van der Waals surface area (Å²) >= 11 is 0. The minimum atomic E-state index is -3.07. The molecule has 2 N–H and O–H groups in total. The molecular weight excluding hydrogens is 192 g/mol. The quantitative estimate of drug-likeness (QED) is 0.633. The van der Waals surface area contributed by atoms with E-state index in [1.165, 1.54) is 4.31 Å². The van der Waals surface area contributed by atoms with Crippen LogP contribution >= 0.6 is 0 Å². The van der Waals surface area contributed by atoms with Crippen molar-refractivity contribution in [2.45, 2.75) is 18.1 Å². The van der Waals surface area contributed by atoms with Crippen LogP contribution in [0, 0.1) is 5.92 Å². The van der Waals surface area contributed by atoms with Crippen molar-refractivity contribution < 1.29 is 13.2 Å². The van der Waals surface area contributed by atoms with Crippen LogP contribution in [0.1, 0.15) is 12.8 Å². The van der Waals surface area contributed by atoms with E-state index in [4.69, 9.17) is 5.73 Å². The van der Waals surface area contributed by atoms with E-state index < -0.39 is 15.9 Å². The van der Waals surface area contributed by atoms with Gasteiger partial charge in [-0.3, -0.25) is 4.79 Å². The first-order valence-corrected chi connectivity index (χ1v) is 5.80. The van der Waals surface area contributed by atoms with Crippen LogP contribution in [0.3, 0.4) is 0 Å². The summed E-state index contributed by atoms with van der Waals surface area (Å²) in [4.78, 5) is 10.6. The lowest BCUT2D eigenvalue weighted by molar-refractivity contribution is -0.124. The fraction of sp³-hybridized carbons (Fsp3) is 0.857. The minimum Gasteiger partial charge on any atom is -0.369 e. The molecule has 1 saturated carbocycles. The fourth-order valence-electron chi connectivity index (χ4n) is 1.40. The second-order valence-corrected chi connectivity index (χ2v) is 5.87. The molecule has 2 rings (SSSR count). The summed E-state index contributed by atoms with van der Waals surface area (Å²) in [6.45, 7) is 0.572. The summed E-state index contributed by atoms with van der Waals surface area (Å²) in [7, 11) is -3.07. The van der Waals surface area contributed by atoms with Crippen LogP contribution in [0.25, 0.3) is 0 Å². The largest absolute Gasteiger partial charge is 0.369 e. The molecule has 0 unspecified atom stereocenters. The van der Waals surface area contributed by atoms with Gasteiger partial charge in [-0.2, -0.15) is 4.31 Å². The molecule has 74 valence electrons. The molecule has 0 aromatic heterocycles. The number of sulfonamides is 1. The zero-order valence-electron chi connectivity index (χ0n) is 7.14. The molecule has 5 nitrogen and oxygen atoms in total. The topological polar surface area (TPSA) is 80.5 Å². The fourth-order valence-corrected chi connectivity index (χ4v) is 3.33. The van der Waals surface area contributed by atoms with Crippen LogP contribution < -0.4 is 5.73 Å². The highest BCUT2D eigenvalue weighted by molar-refractivity contribution is 7.90. The number of hydrogen-bond acceptors (Lipinski definition) is 3. The monoisotopic (exact) mass is 204 g/mol. The van der Waals surface area contributed by atoms with Crippen molar-refractivity contribution in [1.29, 1.82) is 0 Å². The van der Waals surface area contributed by atoms with Crippen molar-refractivity contribution >= 4 is 15.9 Å². The Morgan fingerprint density at radius 2 is 1.85 bits per heavy atom. The molecule has 1 saturated heterocycles. The summed E-state index contributed by atoms with van der Waals surface area (Å²) in [5.41, 5.74) is 5.03. The van der Waals surface area contributed by atoms with Gasteiger partial charge in [0.2, 0.25) is 15.9 Å². The summed E-state index contributed by atoms with van der Waals surface area (Å²) in [5.74, 6) is -0.671. The van der Waals surface area contributed by atoms with Gasteiger partial charge in [0, 0.05) is 13.1 Å².